The van der Waals surface area contributed by atoms with Crippen molar-refractivity contribution in [3.8, 4) is 11.1 Å². The lowest BCUT2D eigenvalue weighted by atomic mass is 10.0. The molecule has 2 aromatic carbocycles. The second-order valence-electron chi connectivity index (χ2n) is 8.89. The van der Waals surface area contributed by atoms with Gasteiger partial charge in [0, 0.05) is 33.2 Å². The summed E-state index contributed by atoms with van der Waals surface area (Å²) in [6.07, 6.45) is -2.93. The maximum atomic E-state index is 13.3. The Hall–Kier alpha value is -2.47. The number of hydrogen-bond acceptors (Lipinski definition) is 6. The van der Waals surface area contributed by atoms with E-state index in [1.165, 1.54) is 19.2 Å². The lowest BCUT2D eigenvalue weighted by Gasteiger charge is -2.23. The zero-order chi connectivity index (χ0) is 26.9. The van der Waals surface area contributed by atoms with Crippen LogP contribution in [-0.2, 0) is 35.4 Å². The fraction of sp³-hybridized carbons (Fsp3) is 0.500. The van der Waals surface area contributed by atoms with Gasteiger partial charge in [-0.3, -0.25) is 4.79 Å². The molecule has 1 aliphatic rings. The molecule has 2 unspecified atom stereocenters. The number of alkyl halides is 3. The van der Waals surface area contributed by atoms with E-state index in [1.807, 2.05) is 0 Å². The number of halogens is 3. The van der Waals surface area contributed by atoms with E-state index in [9.17, 15) is 26.4 Å². The number of ether oxygens (including phenoxy) is 2. The van der Waals surface area contributed by atoms with Crippen molar-refractivity contribution < 1.29 is 40.7 Å². The van der Waals surface area contributed by atoms with Gasteiger partial charge in [0.25, 0.3) is 5.91 Å². The number of aryl methyl sites for hydroxylation is 1. The largest absolute Gasteiger partial charge is 0.389 e. The van der Waals surface area contributed by atoms with E-state index in [1.54, 1.807) is 36.4 Å². The van der Waals surface area contributed by atoms with E-state index in [4.69, 9.17) is 14.3 Å². The third-order valence-corrected chi connectivity index (χ3v) is 8.20. The van der Waals surface area contributed by atoms with Crippen LogP contribution in [0, 0.1) is 0 Å². The number of carbonyl (C=O) groups excluding carboxylic acids is 1. The summed E-state index contributed by atoms with van der Waals surface area (Å²) in [4.78, 5) is 18.0. The average molecular weight is 544 g/mol. The van der Waals surface area contributed by atoms with Gasteiger partial charge in [0.15, 0.2) is 16.1 Å². The Kier molecular flexibility index (Phi) is 10.5. The zero-order valence-electron chi connectivity index (χ0n) is 20.6. The second-order valence-corrected chi connectivity index (χ2v) is 11.0. The molecule has 0 saturated carbocycles. The van der Waals surface area contributed by atoms with Crippen LogP contribution in [0.25, 0.3) is 11.1 Å². The lowest BCUT2D eigenvalue weighted by Crippen LogP contribution is -2.43. The van der Waals surface area contributed by atoms with Gasteiger partial charge in [-0.25, -0.2) is 18.7 Å². The van der Waals surface area contributed by atoms with E-state index in [-0.39, 0.29) is 24.3 Å². The number of amides is 1. The number of nitrogens with one attached hydrogen (secondary N) is 1. The molecule has 2 aromatic rings. The molecule has 1 saturated heterocycles. The van der Waals surface area contributed by atoms with Crippen molar-refractivity contribution in [2.75, 3.05) is 20.3 Å². The zero-order valence-corrected chi connectivity index (χ0v) is 21.4. The molecule has 0 aliphatic carbocycles. The summed E-state index contributed by atoms with van der Waals surface area (Å²) < 4.78 is 74.1. The summed E-state index contributed by atoms with van der Waals surface area (Å²) in [5.74, 6) is -0.795. The lowest BCUT2D eigenvalue weighted by molar-refractivity contribution is -0.200. The molecule has 2 atom stereocenters. The number of hydroxylamine groups is 1. The summed E-state index contributed by atoms with van der Waals surface area (Å²) in [6.45, 7) is 0.573. The number of sulfone groups is 1. The van der Waals surface area contributed by atoms with Gasteiger partial charge in [-0.15, -0.1) is 0 Å². The normalized spacial score (nSPS) is 17.4. The van der Waals surface area contributed by atoms with Crippen molar-refractivity contribution in [2.45, 2.75) is 67.6 Å². The van der Waals surface area contributed by atoms with Crippen LogP contribution in [0.1, 0.15) is 44.1 Å². The number of rotatable bonds is 12. The van der Waals surface area contributed by atoms with Crippen LogP contribution in [0.5, 0.6) is 0 Å². The highest BCUT2D eigenvalue weighted by Crippen LogP contribution is 2.26. The molecule has 1 N–H and O–H groups in total. The molecular weight excluding hydrogens is 511 g/mol. The van der Waals surface area contributed by atoms with Crippen molar-refractivity contribution in [3.05, 3.63) is 54.1 Å². The van der Waals surface area contributed by atoms with Gasteiger partial charge in [-0.05, 0) is 60.9 Å². The molecule has 204 valence electrons. The Balaban J connectivity index is 1.67. The van der Waals surface area contributed by atoms with Crippen LogP contribution < -0.4 is 5.48 Å². The van der Waals surface area contributed by atoms with Crippen molar-refractivity contribution in [1.82, 2.24) is 5.48 Å². The molecule has 1 fully saturated rings. The molecular formula is C26H32F3NO6S. The number of carbonyl (C=O) groups is 1. The molecule has 0 aromatic heterocycles. The van der Waals surface area contributed by atoms with Crippen LogP contribution in [0.2, 0.25) is 0 Å². The Labute approximate surface area is 215 Å². The van der Waals surface area contributed by atoms with Gasteiger partial charge in [0.2, 0.25) is 0 Å². The first-order chi connectivity index (χ1) is 17.6. The summed E-state index contributed by atoms with van der Waals surface area (Å²) >= 11 is 0. The van der Waals surface area contributed by atoms with Crippen molar-refractivity contribution >= 4 is 15.7 Å². The van der Waals surface area contributed by atoms with Gasteiger partial charge in [0.1, 0.15) is 5.25 Å². The molecule has 3 rings (SSSR count). The quantitative estimate of drug-likeness (QED) is 0.379. The highest BCUT2D eigenvalue weighted by atomic mass is 32.2. The Morgan fingerprint density at radius 3 is 2.30 bits per heavy atom. The highest BCUT2D eigenvalue weighted by molar-refractivity contribution is 7.92. The Bertz CT molecular complexity index is 1100. The third kappa shape index (κ3) is 8.80. The minimum Gasteiger partial charge on any atom is -0.385 e. The van der Waals surface area contributed by atoms with Crippen LogP contribution in [-0.4, -0.2) is 52.4 Å². The number of benzene rings is 2. The predicted molar refractivity (Wildman–Crippen MR) is 131 cm³/mol. The van der Waals surface area contributed by atoms with Crippen LogP contribution >= 0.6 is 0 Å². The fourth-order valence-corrected chi connectivity index (χ4v) is 5.58. The van der Waals surface area contributed by atoms with Gasteiger partial charge >= 0.3 is 6.18 Å². The molecule has 1 amide bonds. The Morgan fingerprint density at radius 1 is 1.08 bits per heavy atom. The van der Waals surface area contributed by atoms with E-state index in [2.05, 4.69) is 5.48 Å². The van der Waals surface area contributed by atoms with Crippen LogP contribution in [0.4, 0.5) is 13.2 Å². The van der Waals surface area contributed by atoms with Gasteiger partial charge in [0.05, 0.1) is 4.90 Å². The molecule has 37 heavy (non-hydrogen) atoms. The molecule has 11 heteroatoms. The topological polar surface area (TPSA) is 90.9 Å². The summed E-state index contributed by atoms with van der Waals surface area (Å²) in [5, 5.41) is -1.42. The van der Waals surface area contributed by atoms with Crippen molar-refractivity contribution in [3.63, 3.8) is 0 Å². The third-order valence-electron chi connectivity index (χ3n) is 6.08. The van der Waals surface area contributed by atoms with Gasteiger partial charge < -0.3 is 9.47 Å². The minimum atomic E-state index is -4.16. The molecule has 1 heterocycles. The van der Waals surface area contributed by atoms with Crippen LogP contribution in [0.3, 0.4) is 0 Å². The number of hydrogen-bond donors (Lipinski definition) is 1. The highest BCUT2D eigenvalue weighted by Gasteiger charge is 2.34. The number of methoxy groups -OCH3 is 1. The van der Waals surface area contributed by atoms with Gasteiger partial charge in [-0.2, -0.15) is 13.2 Å². The van der Waals surface area contributed by atoms with Crippen molar-refractivity contribution in [2.24, 2.45) is 0 Å². The van der Waals surface area contributed by atoms with Crippen molar-refractivity contribution in [1.29, 1.82) is 0 Å². The Morgan fingerprint density at radius 2 is 1.73 bits per heavy atom. The van der Waals surface area contributed by atoms with E-state index < -0.39 is 39.9 Å². The predicted octanol–water partition coefficient (Wildman–Crippen LogP) is 4.99. The minimum absolute atomic E-state index is 0.0198. The monoisotopic (exact) mass is 543 g/mol. The summed E-state index contributed by atoms with van der Waals surface area (Å²) in [7, 11) is -2.64. The smallest absolute Gasteiger partial charge is 0.385 e. The van der Waals surface area contributed by atoms with Gasteiger partial charge in [-0.1, -0.05) is 36.4 Å². The summed E-state index contributed by atoms with van der Waals surface area (Å²) in [5.41, 5.74) is 4.56. The molecule has 0 radical (unpaired) electrons. The fourth-order valence-electron chi connectivity index (χ4n) is 4.00. The first kappa shape index (κ1) is 29.1. The average Bonchev–Trinajstić information content (AvgIpc) is 2.88. The van der Waals surface area contributed by atoms with E-state index in [0.29, 0.717) is 19.4 Å². The molecule has 0 spiro atoms. The van der Waals surface area contributed by atoms with E-state index in [0.717, 1.165) is 29.5 Å². The molecule has 0 bridgehead atoms. The second kappa shape index (κ2) is 13.4. The first-order valence-corrected chi connectivity index (χ1v) is 13.7. The SMILES string of the molecule is COCCC(C(=O)NOC1CCCCO1)S(=O)(=O)c1ccc(-c2ccc(CCCC(F)(F)F)cc2)cc1. The van der Waals surface area contributed by atoms with E-state index >= 15 is 0 Å². The van der Waals surface area contributed by atoms with Crippen LogP contribution in [0.15, 0.2) is 53.4 Å². The molecule has 7 nitrogen and oxygen atoms in total. The maximum Gasteiger partial charge on any atom is 0.389 e. The molecule has 1 aliphatic heterocycles. The summed E-state index contributed by atoms with van der Waals surface area (Å²) in [6, 6.07) is 13.2. The maximum absolute atomic E-state index is 13.3. The first-order valence-electron chi connectivity index (χ1n) is 12.2. The standard InChI is InChI=1S/C26H32F3NO6S/c1-34-18-15-23(25(31)30-36-24-6-2-3-17-35-24)37(32,33)22-13-11-21(12-14-22)20-9-7-19(8-10-20)5-4-16-26(27,28)29/h7-14,23-24H,2-6,15-18H2,1H3,(H,30,31).